The minimum absolute atomic E-state index is 0.615. The lowest BCUT2D eigenvalue weighted by Gasteiger charge is -2.16. The zero-order valence-electron chi connectivity index (χ0n) is 25.1. The van der Waals surface area contributed by atoms with Crippen molar-refractivity contribution in [3.05, 3.63) is 167 Å². The minimum Gasteiger partial charge on any atom is -0.436 e. The van der Waals surface area contributed by atoms with E-state index in [1.54, 1.807) is 0 Å². The number of hydrogen-bond acceptors (Lipinski definition) is 2. The molecular formula is C43H25BrN2O. The second kappa shape index (κ2) is 11.2. The van der Waals surface area contributed by atoms with E-state index in [-0.39, 0.29) is 0 Å². The smallest absolute Gasteiger partial charge is 0.227 e. The van der Waals surface area contributed by atoms with Crippen LogP contribution in [0.5, 0.6) is 0 Å². The van der Waals surface area contributed by atoms with Gasteiger partial charge in [-0.25, -0.2) is 4.98 Å². The Balaban J connectivity index is 1.08. The topological polar surface area (TPSA) is 31.0 Å². The molecule has 2 aromatic heterocycles. The standard InChI is InChI=1S/C43H25BrN2O/c44-31-23-26-42-39(27-31)45-43(47-42)30-19-17-28(18-20-30)33-9-1-3-11-35(33)36-12-4-2-10-34(36)29-21-24-32(25-22-29)46-40-15-7-5-13-37(40)38-14-6-8-16-41(38)46/h1-5,7,9-27H. The molecule has 8 aromatic rings. The van der Waals surface area contributed by atoms with E-state index in [0.717, 1.165) is 43.6 Å². The molecule has 4 heteroatoms. The molecule has 0 saturated carbocycles. The summed E-state index contributed by atoms with van der Waals surface area (Å²) in [4.78, 5) is 4.71. The van der Waals surface area contributed by atoms with Crippen LogP contribution in [0.2, 0.25) is 0 Å². The van der Waals surface area contributed by atoms with Crippen molar-refractivity contribution in [2.24, 2.45) is 0 Å². The minimum atomic E-state index is 0.615. The summed E-state index contributed by atoms with van der Waals surface area (Å²) < 4.78 is 9.34. The van der Waals surface area contributed by atoms with E-state index in [4.69, 9.17) is 9.40 Å². The maximum atomic E-state index is 6.05. The first kappa shape index (κ1) is 27.4. The van der Waals surface area contributed by atoms with Crippen molar-refractivity contribution in [2.75, 3.05) is 0 Å². The molecule has 9 rings (SSSR count). The quantitative estimate of drug-likeness (QED) is 0.171. The average Bonchev–Trinajstić information content (AvgIpc) is 3.71. The third kappa shape index (κ3) is 4.72. The van der Waals surface area contributed by atoms with Crippen LogP contribution in [-0.2, 0) is 0 Å². The van der Waals surface area contributed by atoms with Crippen molar-refractivity contribution in [1.82, 2.24) is 9.55 Å². The number of aromatic nitrogens is 2. The average molecular weight is 666 g/mol. The van der Waals surface area contributed by atoms with Crippen molar-refractivity contribution in [3.8, 4) is 50.5 Å². The van der Waals surface area contributed by atoms with Crippen molar-refractivity contribution < 1.29 is 4.42 Å². The van der Waals surface area contributed by atoms with Crippen LogP contribution in [0.3, 0.4) is 0 Å². The molecular weight excluding hydrogens is 640 g/mol. The highest BCUT2D eigenvalue weighted by atomic mass is 79.9. The first-order chi connectivity index (χ1) is 23.2. The van der Waals surface area contributed by atoms with Crippen LogP contribution >= 0.6 is 15.9 Å². The number of benzene rings is 6. The number of fused-ring (bicyclic) bond motifs is 4. The van der Waals surface area contributed by atoms with Gasteiger partial charge >= 0.3 is 0 Å². The summed E-state index contributed by atoms with van der Waals surface area (Å²) in [5, 5.41) is 1.22. The van der Waals surface area contributed by atoms with Gasteiger partial charge in [0, 0.05) is 32.7 Å². The molecule has 0 N–H and O–H groups in total. The maximum absolute atomic E-state index is 6.05. The predicted octanol–water partition coefficient (Wildman–Crippen LogP) is 12.0. The third-order valence-corrected chi connectivity index (χ3v) is 9.33. The second-order valence-corrected chi connectivity index (χ2v) is 12.5. The Morgan fingerprint density at radius 3 is 1.89 bits per heavy atom. The molecule has 0 atom stereocenters. The highest BCUT2D eigenvalue weighted by Gasteiger charge is 2.17. The van der Waals surface area contributed by atoms with Crippen molar-refractivity contribution in [3.63, 3.8) is 0 Å². The zero-order valence-corrected chi connectivity index (χ0v) is 26.7. The lowest BCUT2D eigenvalue weighted by atomic mass is 9.89. The molecule has 0 amide bonds. The number of hydrogen-bond donors (Lipinski definition) is 0. The molecule has 1 aliphatic carbocycles. The van der Waals surface area contributed by atoms with E-state index < -0.39 is 0 Å². The summed E-state index contributed by atoms with van der Waals surface area (Å²) in [6.07, 6.45) is 4.05. The van der Waals surface area contributed by atoms with E-state index in [1.165, 1.54) is 38.7 Å². The molecule has 0 spiro atoms. The highest BCUT2D eigenvalue weighted by Crippen LogP contribution is 2.40. The summed E-state index contributed by atoms with van der Waals surface area (Å²) >= 11 is 3.52. The molecule has 0 unspecified atom stereocenters. The van der Waals surface area contributed by atoms with Crippen LogP contribution in [0.15, 0.2) is 160 Å². The summed E-state index contributed by atoms with van der Waals surface area (Å²) in [7, 11) is 0. The van der Waals surface area contributed by atoms with Gasteiger partial charge in [0.1, 0.15) is 5.52 Å². The Morgan fingerprint density at radius 2 is 1.17 bits per heavy atom. The van der Waals surface area contributed by atoms with Crippen LogP contribution in [0.4, 0.5) is 0 Å². The number of oxazole rings is 1. The van der Waals surface area contributed by atoms with Gasteiger partial charge in [-0.05, 0) is 88.0 Å². The van der Waals surface area contributed by atoms with Gasteiger partial charge in [-0.1, -0.05) is 118 Å². The third-order valence-electron chi connectivity index (χ3n) is 8.83. The first-order valence-corrected chi connectivity index (χ1v) is 16.3. The fourth-order valence-electron chi connectivity index (χ4n) is 6.63. The normalized spacial score (nSPS) is 11.9. The van der Waals surface area contributed by atoms with Gasteiger partial charge in [0.05, 0.1) is 11.2 Å². The Morgan fingerprint density at radius 1 is 0.574 bits per heavy atom. The lowest BCUT2D eigenvalue weighted by molar-refractivity contribution is 0.620. The van der Waals surface area contributed by atoms with E-state index in [1.807, 2.05) is 30.4 Å². The number of nitrogens with zero attached hydrogens (tertiary/aromatic N) is 2. The van der Waals surface area contributed by atoms with Crippen LogP contribution in [0.1, 0.15) is 11.3 Å². The van der Waals surface area contributed by atoms with Crippen molar-refractivity contribution in [1.29, 1.82) is 0 Å². The Bertz CT molecular complexity index is 2590. The first-order valence-electron chi connectivity index (χ1n) is 15.5. The zero-order chi connectivity index (χ0) is 31.3. The van der Waals surface area contributed by atoms with Crippen LogP contribution in [-0.4, -0.2) is 9.55 Å². The van der Waals surface area contributed by atoms with E-state index in [0.29, 0.717) is 5.89 Å². The molecule has 220 valence electrons. The summed E-state index contributed by atoms with van der Waals surface area (Å²) in [6, 6.07) is 49.0. The number of para-hydroxylation sites is 1. The fraction of sp³-hybridized carbons (Fsp3) is 0. The van der Waals surface area contributed by atoms with E-state index in [2.05, 4.69) is 153 Å². The van der Waals surface area contributed by atoms with Gasteiger partial charge in [0.2, 0.25) is 5.89 Å². The molecule has 0 fully saturated rings. The summed E-state index contributed by atoms with van der Waals surface area (Å²) in [6.45, 7) is 0. The molecule has 1 aliphatic rings. The van der Waals surface area contributed by atoms with Crippen molar-refractivity contribution >= 4 is 50.1 Å². The van der Waals surface area contributed by atoms with Crippen LogP contribution in [0, 0.1) is 0 Å². The lowest BCUT2D eigenvalue weighted by Crippen LogP contribution is -1.97. The van der Waals surface area contributed by atoms with Crippen molar-refractivity contribution in [2.45, 2.75) is 0 Å². The monoisotopic (exact) mass is 664 g/mol. The van der Waals surface area contributed by atoms with Crippen LogP contribution in [0.25, 0.3) is 84.7 Å². The Kier molecular flexibility index (Phi) is 6.52. The second-order valence-electron chi connectivity index (χ2n) is 11.6. The SMILES string of the molecule is Brc1ccc2oc(-c3ccc(-c4ccccc4-c4ccccc4-c4ccc(-n5c6c(c7ccccc75)C=C=C=C6)cc4)cc3)nc2c1. The van der Waals surface area contributed by atoms with Gasteiger partial charge in [-0.3, -0.25) is 0 Å². The largest absolute Gasteiger partial charge is 0.436 e. The maximum Gasteiger partial charge on any atom is 0.227 e. The van der Waals surface area contributed by atoms with Gasteiger partial charge in [0.15, 0.2) is 5.58 Å². The highest BCUT2D eigenvalue weighted by molar-refractivity contribution is 9.10. The molecule has 6 aromatic carbocycles. The molecule has 3 nitrogen and oxygen atoms in total. The van der Waals surface area contributed by atoms with Crippen LogP contribution < -0.4 is 0 Å². The molecule has 0 aliphatic heterocycles. The Hall–Kier alpha value is -5.89. The van der Waals surface area contributed by atoms with Gasteiger partial charge < -0.3 is 8.98 Å². The van der Waals surface area contributed by atoms with E-state index >= 15 is 0 Å². The van der Waals surface area contributed by atoms with Gasteiger partial charge in [-0.15, -0.1) is 0 Å². The van der Waals surface area contributed by atoms with E-state index in [9.17, 15) is 0 Å². The van der Waals surface area contributed by atoms with Gasteiger partial charge in [0.25, 0.3) is 0 Å². The fourth-order valence-corrected chi connectivity index (χ4v) is 6.98. The molecule has 47 heavy (non-hydrogen) atoms. The molecule has 0 bridgehead atoms. The Labute approximate surface area is 280 Å². The number of halogens is 1. The molecule has 0 saturated heterocycles. The summed E-state index contributed by atoms with van der Waals surface area (Å²) in [5.41, 5.74) is 20.4. The predicted molar refractivity (Wildman–Crippen MR) is 196 cm³/mol. The molecule has 2 heterocycles. The summed E-state index contributed by atoms with van der Waals surface area (Å²) in [5.74, 6) is 0.615. The number of rotatable bonds is 5. The van der Waals surface area contributed by atoms with Gasteiger partial charge in [-0.2, -0.15) is 0 Å². The molecule has 0 radical (unpaired) electrons.